The van der Waals surface area contributed by atoms with Gasteiger partial charge in [0.2, 0.25) is 0 Å². The van der Waals surface area contributed by atoms with Crippen LogP contribution in [0.15, 0.2) is 23.0 Å². The van der Waals surface area contributed by atoms with Gasteiger partial charge in [-0.1, -0.05) is 0 Å². The van der Waals surface area contributed by atoms with Crippen LogP contribution in [0.1, 0.15) is 12.8 Å². The first-order chi connectivity index (χ1) is 7.79. The molecule has 1 aromatic heterocycles. The smallest absolute Gasteiger partial charge is 0.323 e. The van der Waals surface area contributed by atoms with E-state index in [1.165, 1.54) is 0 Å². The maximum absolute atomic E-state index is 11.0. The average molecular weight is 216 g/mol. The van der Waals surface area contributed by atoms with E-state index in [1.54, 1.807) is 0 Å². The summed E-state index contributed by atoms with van der Waals surface area (Å²) < 4.78 is 0. The van der Waals surface area contributed by atoms with Crippen molar-refractivity contribution in [2.24, 2.45) is 0 Å². The van der Waals surface area contributed by atoms with Crippen molar-refractivity contribution in [1.29, 1.82) is 5.26 Å². The molecule has 0 fully saturated rings. The van der Waals surface area contributed by atoms with Crippen LogP contribution in [0, 0.1) is 11.3 Å². The zero-order chi connectivity index (χ0) is 11.4. The fourth-order valence-electron chi connectivity index (χ4n) is 1.54. The fourth-order valence-corrected chi connectivity index (χ4v) is 1.54. The summed E-state index contributed by atoms with van der Waals surface area (Å²) in [6.45, 7) is 0.758. The molecule has 5 heteroatoms. The number of rotatable bonds is 4. The third kappa shape index (κ3) is 2.23. The number of aromatic amines is 2. The first kappa shape index (κ1) is 10.3. The van der Waals surface area contributed by atoms with E-state index < -0.39 is 0 Å². The predicted molar refractivity (Wildman–Crippen MR) is 62.3 cm³/mol. The number of benzene rings is 1. The molecule has 0 aliphatic rings. The van der Waals surface area contributed by atoms with Crippen LogP contribution in [0.5, 0.6) is 0 Å². The number of anilines is 1. The number of nitriles is 1. The molecule has 0 saturated heterocycles. The zero-order valence-electron chi connectivity index (χ0n) is 8.71. The molecule has 0 unspecified atom stereocenters. The van der Waals surface area contributed by atoms with E-state index in [4.69, 9.17) is 5.26 Å². The largest absolute Gasteiger partial charge is 0.385 e. The second kappa shape index (κ2) is 4.53. The molecule has 0 bridgehead atoms. The van der Waals surface area contributed by atoms with Gasteiger partial charge < -0.3 is 15.3 Å². The van der Waals surface area contributed by atoms with Crippen molar-refractivity contribution in [3.05, 3.63) is 28.7 Å². The van der Waals surface area contributed by atoms with Crippen molar-refractivity contribution >= 4 is 16.7 Å². The Kier molecular flexibility index (Phi) is 2.92. The second-order valence-corrected chi connectivity index (χ2v) is 3.53. The number of unbranched alkanes of at least 4 members (excludes halogenated alkanes) is 1. The lowest BCUT2D eigenvalue weighted by Gasteiger charge is -2.04. The molecule has 2 aromatic rings. The van der Waals surface area contributed by atoms with E-state index >= 15 is 0 Å². The molecule has 0 atom stereocenters. The van der Waals surface area contributed by atoms with E-state index in [-0.39, 0.29) is 5.69 Å². The Morgan fingerprint density at radius 1 is 1.31 bits per heavy atom. The number of nitrogens with one attached hydrogen (secondary N) is 3. The first-order valence-electron chi connectivity index (χ1n) is 5.12. The van der Waals surface area contributed by atoms with Crippen molar-refractivity contribution in [2.45, 2.75) is 12.8 Å². The second-order valence-electron chi connectivity index (χ2n) is 3.53. The number of H-pyrrole nitrogens is 2. The molecule has 1 heterocycles. The van der Waals surface area contributed by atoms with Crippen LogP contribution in [0.2, 0.25) is 0 Å². The van der Waals surface area contributed by atoms with Crippen molar-refractivity contribution < 1.29 is 0 Å². The molecular formula is C11H12N4O. The maximum atomic E-state index is 11.0. The lowest BCUT2D eigenvalue weighted by molar-refractivity contribution is 0.898. The molecule has 3 N–H and O–H groups in total. The summed E-state index contributed by atoms with van der Waals surface area (Å²) in [5, 5.41) is 11.6. The minimum Gasteiger partial charge on any atom is -0.385 e. The van der Waals surface area contributed by atoms with Crippen LogP contribution in [-0.2, 0) is 0 Å². The highest BCUT2D eigenvalue weighted by atomic mass is 16.1. The first-order valence-corrected chi connectivity index (χ1v) is 5.12. The van der Waals surface area contributed by atoms with Gasteiger partial charge in [-0.25, -0.2) is 4.79 Å². The Morgan fingerprint density at radius 3 is 2.94 bits per heavy atom. The van der Waals surface area contributed by atoms with E-state index in [1.807, 2.05) is 18.2 Å². The summed E-state index contributed by atoms with van der Waals surface area (Å²) in [5.41, 5.74) is 2.33. The van der Waals surface area contributed by atoms with Crippen LogP contribution in [0.3, 0.4) is 0 Å². The molecule has 0 spiro atoms. The van der Waals surface area contributed by atoms with E-state index in [2.05, 4.69) is 21.4 Å². The number of nitrogens with zero attached hydrogens (tertiary/aromatic N) is 1. The van der Waals surface area contributed by atoms with Crippen molar-refractivity contribution in [2.75, 3.05) is 11.9 Å². The molecule has 0 saturated carbocycles. The van der Waals surface area contributed by atoms with Crippen molar-refractivity contribution in [3.63, 3.8) is 0 Å². The summed E-state index contributed by atoms with van der Waals surface area (Å²) >= 11 is 0. The minimum absolute atomic E-state index is 0.198. The monoisotopic (exact) mass is 216 g/mol. The molecule has 16 heavy (non-hydrogen) atoms. The normalized spacial score (nSPS) is 10.2. The van der Waals surface area contributed by atoms with Gasteiger partial charge in [0.1, 0.15) is 0 Å². The van der Waals surface area contributed by atoms with E-state index in [0.717, 1.165) is 29.7 Å². The predicted octanol–water partition coefficient (Wildman–Crippen LogP) is 1.57. The topological polar surface area (TPSA) is 84.5 Å². The van der Waals surface area contributed by atoms with Gasteiger partial charge in [-0.3, -0.25) is 0 Å². The number of fused-ring (bicyclic) bond motifs is 1. The lowest BCUT2D eigenvalue weighted by atomic mass is 10.2. The summed E-state index contributed by atoms with van der Waals surface area (Å²) in [7, 11) is 0. The van der Waals surface area contributed by atoms with E-state index in [9.17, 15) is 4.79 Å². The maximum Gasteiger partial charge on any atom is 0.323 e. The Labute approximate surface area is 92.1 Å². The number of hydrogen-bond donors (Lipinski definition) is 3. The van der Waals surface area contributed by atoms with Gasteiger partial charge in [0.05, 0.1) is 17.1 Å². The highest BCUT2D eigenvalue weighted by molar-refractivity contribution is 5.78. The van der Waals surface area contributed by atoms with Gasteiger partial charge in [0.15, 0.2) is 0 Å². The highest BCUT2D eigenvalue weighted by Gasteiger charge is 1.98. The minimum atomic E-state index is -0.198. The van der Waals surface area contributed by atoms with Gasteiger partial charge >= 0.3 is 5.69 Å². The SMILES string of the molecule is N#CCCCNc1ccc2[nH]c(=O)[nH]c2c1. The highest BCUT2D eigenvalue weighted by Crippen LogP contribution is 2.14. The van der Waals surface area contributed by atoms with Gasteiger partial charge in [-0.15, -0.1) is 0 Å². The third-order valence-corrected chi connectivity index (χ3v) is 2.31. The molecule has 5 nitrogen and oxygen atoms in total. The quantitative estimate of drug-likeness (QED) is 0.678. The van der Waals surface area contributed by atoms with Crippen molar-refractivity contribution in [3.8, 4) is 6.07 Å². The van der Waals surface area contributed by atoms with Crippen LogP contribution in [-0.4, -0.2) is 16.5 Å². The van der Waals surface area contributed by atoms with Crippen LogP contribution in [0.25, 0.3) is 11.0 Å². The molecule has 0 amide bonds. The standard InChI is InChI=1S/C11H12N4O/c12-5-1-2-6-13-8-3-4-9-10(7-8)15-11(16)14-9/h3-4,7,13H,1-2,6H2,(H2,14,15,16). The fraction of sp³-hybridized carbons (Fsp3) is 0.273. The number of imidazole rings is 1. The summed E-state index contributed by atoms with van der Waals surface area (Å²) in [6, 6.07) is 7.72. The van der Waals surface area contributed by atoms with Crippen LogP contribution >= 0.6 is 0 Å². The molecule has 1 aromatic carbocycles. The van der Waals surface area contributed by atoms with Crippen LogP contribution in [0.4, 0.5) is 5.69 Å². The number of hydrogen-bond acceptors (Lipinski definition) is 3. The van der Waals surface area contributed by atoms with Crippen molar-refractivity contribution in [1.82, 2.24) is 9.97 Å². The Bertz CT molecular complexity index is 575. The molecule has 82 valence electrons. The van der Waals surface area contributed by atoms with Gasteiger partial charge in [-0.2, -0.15) is 5.26 Å². The Balaban J connectivity index is 2.08. The number of aromatic nitrogens is 2. The van der Waals surface area contributed by atoms with E-state index in [0.29, 0.717) is 6.42 Å². The van der Waals surface area contributed by atoms with Gasteiger partial charge in [-0.05, 0) is 24.6 Å². The lowest BCUT2D eigenvalue weighted by Crippen LogP contribution is -2.00. The zero-order valence-corrected chi connectivity index (χ0v) is 8.71. The Hall–Kier alpha value is -2.22. The molecular weight excluding hydrogens is 204 g/mol. The summed E-state index contributed by atoms with van der Waals surface area (Å²) in [5.74, 6) is 0. The van der Waals surface area contributed by atoms with Gasteiger partial charge in [0, 0.05) is 18.7 Å². The average Bonchev–Trinajstić information content (AvgIpc) is 2.64. The Morgan fingerprint density at radius 2 is 2.12 bits per heavy atom. The third-order valence-electron chi connectivity index (χ3n) is 2.31. The van der Waals surface area contributed by atoms with Gasteiger partial charge in [0.25, 0.3) is 0 Å². The molecule has 2 rings (SSSR count). The molecule has 0 radical (unpaired) electrons. The van der Waals surface area contributed by atoms with Crippen LogP contribution < -0.4 is 11.0 Å². The molecule has 0 aliphatic carbocycles. The summed E-state index contributed by atoms with van der Waals surface area (Å²) in [6.07, 6.45) is 1.37. The summed E-state index contributed by atoms with van der Waals surface area (Å²) in [4.78, 5) is 16.4. The molecule has 0 aliphatic heterocycles.